The average Bonchev–Trinajstić information content (AvgIpc) is 3.31. The zero-order chi connectivity index (χ0) is 18.1. The molecule has 4 rings (SSSR count). The van der Waals surface area contributed by atoms with Gasteiger partial charge in [-0.3, -0.25) is 15.1 Å². The zero-order valence-corrected chi connectivity index (χ0v) is 13.1. The first-order chi connectivity index (χ1) is 12.6. The SMILES string of the molecule is O=C(Nc1nc2c(-n3cccn3)ccc(C(=O)O)n2n1)c1ccccn1. The van der Waals surface area contributed by atoms with Crippen molar-refractivity contribution < 1.29 is 14.7 Å². The molecular formula is C16H11N7O3. The Bertz CT molecular complexity index is 1100. The summed E-state index contributed by atoms with van der Waals surface area (Å²) in [5.74, 6) is -1.71. The first kappa shape index (κ1) is 15.4. The van der Waals surface area contributed by atoms with Crippen LogP contribution >= 0.6 is 0 Å². The Kier molecular flexibility index (Phi) is 3.62. The highest BCUT2D eigenvalue weighted by Gasteiger charge is 2.18. The molecule has 0 aliphatic rings. The second-order valence-electron chi connectivity index (χ2n) is 5.20. The number of hydrogen-bond donors (Lipinski definition) is 2. The van der Waals surface area contributed by atoms with Crippen molar-refractivity contribution in [2.24, 2.45) is 0 Å². The topological polar surface area (TPSA) is 127 Å². The van der Waals surface area contributed by atoms with Crippen molar-refractivity contribution in [1.82, 2.24) is 29.4 Å². The number of aromatic carboxylic acids is 1. The second-order valence-corrected chi connectivity index (χ2v) is 5.20. The van der Waals surface area contributed by atoms with Crippen LogP contribution in [0.25, 0.3) is 11.3 Å². The lowest BCUT2D eigenvalue weighted by molar-refractivity contribution is 0.0687. The van der Waals surface area contributed by atoms with Gasteiger partial charge in [-0.1, -0.05) is 6.07 Å². The van der Waals surface area contributed by atoms with E-state index in [2.05, 4.69) is 25.5 Å². The maximum Gasteiger partial charge on any atom is 0.354 e. The summed E-state index contributed by atoms with van der Waals surface area (Å²) >= 11 is 0. The number of carbonyl (C=O) groups is 2. The second kappa shape index (κ2) is 6.09. The van der Waals surface area contributed by atoms with Gasteiger partial charge in [-0.2, -0.15) is 10.1 Å². The summed E-state index contributed by atoms with van der Waals surface area (Å²) in [6.45, 7) is 0. The van der Waals surface area contributed by atoms with E-state index in [4.69, 9.17) is 0 Å². The Morgan fingerprint density at radius 1 is 1.08 bits per heavy atom. The number of fused-ring (bicyclic) bond motifs is 1. The van der Waals surface area contributed by atoms with Crippen LogP contribution < -0.4 is 5.32 Å². The van der Waals surface area contributed by atoms with Crippen LogP contribution in [0.3, 0.4) is 0 Å². The third-order valence-electron chi connectivity index (χ3n) is 3.56. The number of rotatable bonds is 4. The highest BCUT2D eigenvalue weighted by molar-refractivity contribution is 6.02. The van der Waals surface area contributed by atoms with Crippen molar-refractivity contribution >= 4 is 23.5 Å². The maximum absolute atomic E-state index is 12.2. The molecule has 4 aromatic heterocycles. The maximum atomic E-state index is 12.2. The Morgan fingerprint density at radius 3 is 2.65 bits per heavy atom. The van der Waals surface area contributed by atoms with Gasteiger partial charge in [0.15, 0.2) is 11.3 Å². The van der Waals surface area contributed by atoms with Crippen molar-refractivity contribution in [3.8, 4) is 5.69 Å². The Morgan fingerprint density at radius 2 is 1.96 bits per heavy atom. The number of nitrogens with one attached hydrogen (secondary N) is 1. The van der Waals surface area contributed by atoms with E-state index < -0.39 is 11.9 Å². The molecule has 0 spiro atoms. The predicted molar refractivity (Wildman–Crippen MR) is 89.3 cm³/mol. The molecule has 0 aliphatic carbocycles. The number of nitrogens with zero attached hydrogens (tertiary/aromatic N) is 6. The van der Waals surface area contributed by atoms with Gasteiger partial charge < -0.3 is 5.11 Å². The number of aromatic nitrogens is 6. The lowest BCUT2D eigenvalue weighted by Crippen LogP contribution is -2.14. The number of amides is 1. The van der Waals surface area contributed by atoms with E-state index in [1.54, 1.807) is 42.7 Å². The van der Waals surface area contributed by atoms with Gasteiger partial charge in [0.1, 0.15) is 11.4 Å². The van der Waals surface area contributed by atoms with E-state index in [0.29, 0.717) is 5.69 Å². The number of carboxylic acids is 1. The van der Waals surface area contributed by atoms with Crippen molar-refractivity contribution in [3.05, 3.63) is 66.4 Å². The number of carboxylic acid groups (broad SMARTS) is 1. The minimum Gasteiger partial charge on any atom is -0.477 e. The molecule has 0 aromatic carbocycles. The molecule has 1 amide bonds. The molecule has 0 saturated heterocycles. The Labute approximate surface area is 145 Å². The molecule has 128 valence electrons. The Hall–Kier alpha value is -4.08. The van der Waals surface area contributed by atoms with Crippen LogP contribution in [0.5, 0.6) is 0 Å². The van der Waals surface area contributed by atoms with Gasteiger partial charge in [-0.15, -0.1) is 5.10 Å². The van der Waals surface area contributed by atoms with Crippen molar-refractivity contribution in [1.29, 1.82) is 0 Å². The average molecular weight is 349 g/mol. The molecule has 0 unspecified atom stereocenters. The van der Waals surface area contributed by atoms with E-state index in [-0.39, 0.29) is 23.0 Å². The lowest BCUT2D eigenvalue weighted by atomic mass is 10.3. The molecule has 0 bridgehead atoms. The molecule has 0 fully saturated rings. The Balaban J connectivity index is 1.80. The highest BCUT2D eigenvalue weighted by Crippen LogP contribution is 2.18. The van der Waals surface area contributed by atoms with Crippen molar-refractivity contribution in [3.63, 3.8) is 0 Å². The standard InChI is InChI=1S/C16H11N7O3/c24-14(10-4-1-2-7-17-10)20-16-19-13-11(22-9-3-8-18-22)5-6-12(15(25)26)23(13)21-16/h1-9H,(H,25,26)(H,20,21,24). The molecule has 0 saturated carbocycles. The number of pyridine rings is 2. The molecule has 10 nitrogen and oxygen atoms in total. The van der Waals surface area contributed by atoms with Crippen LogP contribution in [0.15, 0.2) is 55.0 Å². The molecule has 2 N–H and O–H groups in total. The van der Waals surface area contributed by atoms with E-state index in [1.165, 1.54) is 16.9 Å². The third kappa shape index (κ3) is 2.65. The zero-order valence-electron chi connectivity index (χ0n) is 13.1. The molecule has 10 heteroatoms. The fraction of sp³-hybridized carbons (Fsp3) is 0. The minimum absolute atomic E-state index is 0.0391. The molecule has 0 atom stereocenters. The van der Waals surface area contributed by atoms with E-state index >= 15 is 0 Å². The van der Waals surface area contributed by atoms with Crippen molar-refractivity contribution in [2.45, 2.75) is 0 Å². The molecule has 4 heterocycles. The molecule has 0 aliphatic heterocycles. The summed E-state index contributed by atoms with van der Waals surface area (Å²) in [6, 6.07) is 9.60. The van der Waals surface area contributed by atoms with Gasteiger partial charge in [0.25, 0.3) is 5.91 Å². The highest BCUT2D eigenvalue weighted by atomic mass is 16.4. The van der Waals surface area contributed by atoms with E-state index in [1.807, 2.05) is 0 Å². The predicted octanol–water partition coefficient (Wildman–Crippen LogP) is 1.26. The van der Waals surface area contributed by atoms with Gasteiger partial charge in [-0.05, 0) is 30.3 Å². The first-order valence-electron chi connectivity index (χ1n) is 7.49. The largest absolute Gasteiger partial charge is 0.477 e. The number of anilines is 1. The van der Waals surface area contributed by atoms with Crippen LogP contribution in [0.2, 0.25) is 0 Å². The van der Waals surface area contributed by atoms with Crippen LogP contribution in [-0.2, 0) is 0 Å². The normalized spacial score (nSPS) is 10.8. The molecule has 4 aromatic rings. The van der Waals surface area contributed by atoms with E-state index in [9.17, 15) is 14.7 Å². The van der Waals surface area contributed by atoms with Crippen molar-refractivity contribution in [2.75, 3.05) is 5.32 Å². The summed E-state index contributed by atoms with van der Waals surface area (Å²) in [6.07, 6.45) is 4.77. The first-order valence-corrected chi connectivity index (χ1v) is 7.49. The van der Waals surface area contributed by atoms with Crippen LogP contribution in [0.4, 0.5) is 5.95 Å². The van der Waals surface area contributed by atoms with E-state index in [0.717, 1.165) is 4.52 Å². The van der Waals surface area contributed by atoms with Crippen LogP contribution in [0.1, 0.15) is 21.0 Å². The van der Waals surface area contributed by atoms with Crippen LogP contribution in [0, 0.1) is 0 Å². The quantitative estimate of drug-likeness (QED) is 0.568. The van der Waals surface area contributed by atoms with Gasteiger partial charge in [0, 0.05) is 18.6 Å². The monoisotopic (exact) mass is 349 g/mol. The fourth-order valence-corrected chi connectivity index (χ4v) is 2.42. The smallest absolute Gasteiger partial charge is 0.354 e. The minimum atomic E-state index is -1.17. The van der Waals surface area contributed by atoms with Gasteiger partial charge in [-0.25, -0.2) is 14.0 Å². The number of hydrogen-bond acceptors (Lipinski definition) is 6. The summed E-state index contributed by atoms with van der Waals surface area (Å²) in [4.78, 5) is 31.9. The van der Waals surface area contributed by atoms with Gasteiger partial charge in [0.2, 0.25) is 5.95 Å². The van der Waals surface area contributed by atoms with Crippen LogP contribution in [-0.4, -0.2) is 46.3 Å². The summed E-state index contributed by atoms with van der Waals surface area (Å²) in [7, 11) is 0. The third-order valence-corrected chi connectivity index (χ3v) is 3.56. The summed E-state index contributed by atoms with van der Waals surface area (Å²) in [5.41, 5.74) is 0.856. The summed E-state index contributed by atoms with van der Waals surface area (Å²) in [5, 5.41) is 20.1. The summed E-state index contributed by atoms with van der Waals surface area (Å²) < 4.78 is 2.67. The molecule has 0 radical (unpaired) electrons. The molecule has 26 heavy (non-hydrogen) atoms. The van der Waals surface area contributed by atoms with Gasteiger partial charge in [0.05, 0.1) is 0 Å². The van der Waals surface area contributed by atoms with Gasteiger partial charge >= 0.3 is 5.97 Å². The fourth-order valence-electron chi connectivity index (χ4n) is 2.42. The number of carbonyl (C=O) groups excluding carboxylic acids is 1. The lowest BCUT2D eigenvalue weighted by Gasteiger charge is -2.04. The molecular weight excluding hydrogens is 338 g/mol.